The summed E-state index contributed by atoms with van der Waals surface area (Å²) < 4.78 is 6.63. The monoisotopic (exact) mass is 220 g/mol. The van der Waals surface area contributed by atoms with Crippen LogP contribution in [0.1, 0.15) is 23.5 Å². The molecule has 2 rings (SSSR count). The zero-order valence-electron chi connectivity index (χ0n) is 8.92. The first kappa shape index (κ1) is 10.6. The van der Waals surface area contributed by atoms with Crippen molar-refractivity contribution < 1.29 is 14.3 Å². The Balaban J connectivity index is 2.05. The lowest BCUT2D eigenvalue weighted by Gasteiger charge is -2.09. The molecule has 5 nitrogen and oxygen atoms in total. The maximum absolute atomic E-state index is 11.7. The second kappa shape index (κ2) is 4.30. The van der Waals surface area contributed by atoms with Gasteiger partial charge in [0.05, 0.1) is 12.1 Å². The van der Waals surface area contributed by atoms with E-state index in [0.717, 1.165) is 12.8 Å². The van der Waals surface area contributed by atoms with Crippen LogP contribution in [0.2, 0.25) is 0 Å². The van der Waals surface area contributed by atoms with Gasteiger partial charge in [0.15, 0.2) is 12.1 Å². The van der Waals surface area contributed by atoms with Crippen molar-refractivity contribution in [2.75, 3.05) is 0 Å². The number of carbonyl (C=O) groups excluding carboxylic acids is 2. The van der Waals surface area contributed by atoms with E-state index in [1.807, 2.05) is 12.2 Å². The Morgan fingerprint density at radius 1 is 1.56 bits per heavy atom. The van der Waals surface area contributed by atoms with Crippen molar-refractivity contribution in [2.24, 2.45) is 13.0 Å². The van der Waals surface area contributed by atoms with Gasteiger partial charge in [0.1, 0.15) is 0 Å². The molecule has 0 radical (unpaired) electrons. The van der Waals surface area contributed by atoms with Crippen LogP contribution in [0.4, 0.5) is 0 Å². The predicted octanol–water partition coefficient (Wildman–Crippen LogP) is 1.10. The van der Waals surface area contributed by atoms with Crippen molar-refractivity contribution in [3.63, 3.8) is 0 Å². The van der Waals surface area contributed by atoms with E-state index in [0.29, 0.717) is 12.2 Å². The number of nitrogens with zero attached hydrogens (tertiary/aromatic N) is 2. The number of hydrogen-bond acceptors (Lipinski definition) is 4. The first-order valence-electron chi connectivity index (χ1n) is 5.06. The van der Waals surface area contributed by atoms with Crippen LogP contribution < -0.4 is 4.74 Å². The Hall–Kier alpha value is -1.91. The van der Waals surface area contributed by atoms with Crippen molar-refractivity contribution in [2.45, 2.75) is 12.8 Å². The van der Waals surface area contributed by atoms with Gasteiger partial charge in [-0.2, -0.15) is 0 Å². The minimum Gasteiger partial charge on any atom is -0.407 e. The number of hydrogen-bond donors (Lipinski definition) is 0. The molecule has 1 aromatic heterocycles. The van der Waals surface area contributed by atoms with Crippen LogP contribution in [-0.4, -0.2) is 21.8 Å². The molecule has 0 aliphatic heterocycles. The van der Waals surface area contributed by atoms with Gasteiger partial charge in [-0.15, -0.1) is 0 Å². The van der Waals surface area contributed by atoms with E-state index in [1.54, 1.807) is 7.05 Å². The molecule has 0 spiro atoms. The van der Waals surface area contributed by atoms with E-state index in [1.165, 1.54) is 10.8 Å². The zero-order chi connectivity index (χ0) is 11.5. The van der Waals surface area contributed by atoms with Gasteiger partial charge >= 0.3 is 5.97 Å². The quantitative estimate of drug-likeness (QED) is 0.435. The molecular weight excluding hydrogens is 208 g/mol. The summed E-state index contributed by atoms with van der Waals surface area (Å²) in [6, 6.07) is 0. The van der Waals surface area contributed by atoms with Crippen LogP contribution in [0.25, 0.3) is 0 Å². The number of carbonyl (C=O) groups is 2. The lowest BCUT2D eigenvalue weighted by atomic mass is 10.1. The molecule has 1 heterocycles. The van der Waals surface area contributed by atoms with Gasteiger partial charge in [0.25, 0.3) is 0 Å². The third kappa shape index (κ3) is 1.88. The molecule has 5 heteroatoms. The number of ether oxygens (including phenoxy) is 1. The van der Waals surface area contributed by atoms with E-state index in [4.69, 9.17) is 4.74 Å². The van der Waals surface area contributed by atoms with Crippen LogP contribution in [0.5, 0.6) is 5.88 Å². The fraction of sp³-hybridized carbons (Fsp3) is 0.364. The van der Waals surface area contributed by atoms with Gasteiger partial charge in [-0.25, -0.2) is 4.98 Å². The summed E-state index contributed by atoms with van der Waals surface area (Å²) in [7, 11) is 1.63. The Labute approximate surface area is 92.7 Å². The first-order valence-corrected chi connectivity index (χ1v) is 5.06. The maximum atomic E-state index is 11.7. The normalized spacial score (nSPS) is 15.3. The third-order valence-electron chi connectivity index (χ3n) is 2.63. The summed E-state index contributed by atoms with van der Waals surface area (Å²) in [5, 5.41) is 0. The second-order valence-electron chi connectivity index (χ2n) is 3.69. The Kier molecular flexibility index (Phi) is 2.85. The number of allylic oxidation sites excluding steroid dienone is 2. The summed E-state index contributed by atoms with van der Waals surface area (Å²) in [6.07, 6.45) is 7.37. The SMILES string of the molecule is Cn1c(OC(=O)C2CC=CC2)cnc1C=O. The number of rotatable bonds is 3. The summed E-state index contributed by atoms with van der Waals surface area (Å²) in [6.45, 7) is 0. The molecule has 0 N–H and O–H groups in total. The number of aromatic nitrogens is 2. The van der Waals surface area contributed by atoms with E-state index < -0.39 is 0 Å². The van der Waals surface area contributed by atoms with Crippen LogP contribution in [0.3, 0.4) is 0 Å². The van der Waals surface area contributed by atoms with Gasteiger partial charge in [-0.05, 0) is 12.8 Å². The van der Waals surface area contributed by atoms with Gasteiger partial charge in [-0.3, -0.25) is 14.2 Å². The topological polar surface area (TPSA) is 61.2 Å². The van der Waals surface area contributed by atoms with E-state index in [9.17, 15) is 9.59 Å². The molecule has 0 bridgehead atoms. The van der Waals surface area contributed by atoms with Crippen LogP contribution in [0, 0.1) is 5.92 Å². The highest BCUT2D eigenvalue weighted by atomic mass is 16.5. The molecule has 0 saturated carbocycles. The van der Waals surface area contributed by atoms with Gasteiger partial charge < -0.3 is 4.74 Å². The molecule has 84 valence electrons. The Morgan fingerprint density at radius 3 is 2.81 bits per heavy atom. The first-order chi connectivity index (χ1) is 7.72. The highest BCUT2D eigenvalue weighted by Gasteiger charge is 2.22. The van der Waals surface area contributed by atoms with Crippen molar-refractivity contribution in [3.8, 4) is 5.88 Å². The summed E-state index contributed by atoms with van der Waals surface area (Å²) in [5.41, 5.74) is 0. The summed E-state index contributed by atoms with van der Waals surface area (Å²) in [5.74, 6) is 0.173. The lowest BCUT2D eigenvalue weighted by molar-refractivity contribution is -0.138. The molecule has 1 aliphatic carbocycles. The average molecular weight is 220 g/mol. The van der Waals surface area contributed by atoms with Gasteiger partial charge in [0, 0.05) is 7.05 Å². The largest absolute Gasteiger partial charge is 0.407 e. The standard InChI is InChI=1S/C11H12N2O3/c1-13-9(7-14)12-6-10(13)16-11(15)8-4-2-3-5-8/h2-3,6-8H,4-5H2,1H3. The molecule has 0 saturated heterocycles. The molecule has 0 aromatic carbocycles. The molecule has 0 atom stereocenters. The molecular formula is C11H12N2O3. The van der Waals surface area contributed by atoms with E-state index in [-0.39, 0.29) is 17.7 Å². The Bertz CT molecular complexity index is 440. The van der Waals surface area contributed by atoms with Gasteiger partial charge in [-0.1, -0.05) is 12.2 Å². The molecule has 16 heavy (non-hydrogen) atoms. The molecule has 1 aliphatic rings. The summed E-state index contributed by atoms with van der Waals surface area (Å²) >= 11 is 0. The van der Waals surface area contributed by atoms with Crippen molar-refractivity contribution in [1.82, 2.24) is 9.55 Å². The lowest BCUT2D eigenvalue weighted by Crippen LogP contribution is -2.19. The molecule has 0 amide bonds. The average Bonchev–Trinajstić information content (AvgIpc) is 2.89. The molecule has 0 fully saturated rings. The smallest absolute Gasteiger partial charge is 0.316 e. The second-order valence-corrected chi connectivity index (χ2v) is 3.69. The molecule has 0 unspecified atom stereocenters. The minimum atomic E-state index is -0.273. The van der Waals surface area contributed by atoms with Crippen LogP contribution in [-0.2, 0) is 11.8 Å². The number of aldehydes is 1. The summed E-state index contributed by atoms with van der Waals surface area (Å²) in [4.78, 5) is 26.0. The Morgan fingerprint density at radius 2 is 2.25 bits per heavy atom. The fourth-order valence-electron chi connectivity index (χ4n) is 1.61. The van der Waals surface area contributed by atoms with Crippen molar-refractivity contribution in [3.05, 3.63) is 24.2 Å². The third-order valence-corrected chi connectivity index (χ3v) is 2.63. The minimum absolute atomic E-state index is 0.102. The van der Waals surface area contributed by atoms with E-state index >= 15 is 0 Å². The van der Waals surface area contributed by atoms with Gasteiger partial charge in [0.2, 0.25) is 5.88 Å². The van der Waals surface area contributed by atoms with Crippen molar-refractivity contribution in [1.29, 1.82) is 0 Å². The number of imidazole rings is 1. The van der Waals surface area contributed by atoms with Crippen LogP contribution >= 0.6 is 0 Å². The highest BCUT2D eigenvalue weighted by Crippen LogP contribution is 2.21. The maximum Gasteiger partial charge on any atom is 0.316 e. The van der Waals surface area contributed by atoms with E-state index in [2.05, 4.69) is 4.98 Å². The van der Waals surface area contributed by atoms with Crippen LogP contribution in [0.15, 0.2) is 18.3 Å². The molecule has 1 aromatic rings. The zero-order valence-corrected chi connectivity index (χ0v) is 8.92. The van der Waals surface area contributed by atoms with Crippen molar-refractivity contribution >= 4 is 12.3 Å². The fourth-order valence-corrected chi connectivity index (χ4v) is 1.61. The highest BCUT2D eigenvalue weighted by molar-refractivity contribution is 5.76. The predicted molar refractivity (Wildman–Crippen MR) is 56.1 cm³/mol. The number of esters is 1.